The Balaban J connectivity index is 2.01. The Morgan fingerprint density at radius 3 is 2.50 bits per heavy atom. The molecule has 1 fully saturated rings. The highest BCUT2D eigenvalue weighted by Crippen LogP contribution is 2.39. The van der Waals surface area contributed by atoms with Gasteiger partial charge < -0.3 is 14.4 Å². The summed E-state index contributed by atoms with van der Waals surface area (Å²) in [6.07, 6.45) is 1.67. The average molecular weight is 433 g/mol. The quantitative estimate of drug-likeness (QED) is 0.758. The van der Waals surface area contributed by atoms with E-state index >= 15 is 0 Å². The van der Waals surface area contributed by atoms with Crippen LogP contribution in [0.3, 0.4) is 0 Å². The summed E-state index contributed by atoms with van der Waals surface area (Å²) in [5, 5.41) is 0. The number of benzene rings is 2. The van der Waals surface area contributed by atoms with E-state index in [4.69, 9.17) is 9.47 Å². The SMILES string of the molecule is CNS(=O)(=O)c1cc(C(=O)N2CCCC2c2ccc(OC)cc2OC)cc(C)c1C. The highest BCUT2D eigenvalue weighted by Gasteiger charge is 2.33. The number of hydrogen-bond acceptors (Lipinski definition) is 5. The van der Waals surface area contributed by atoms with Gasteiger partial charge in [0.2, 0.25) is 10.0 Å². The normalized spacial score (nSPS) is 16.6. The molecule has 0 radical (unpaired) electrons. The number of sulfonamides is 1. The summed E-state index contributed by atoms with van der Waals surface area (Å²) in [7, 11) is 0.885. The molecule has 0 spiro atoms. The maximum Gasteiger partial charge on any atom is 0.254 e. The van der Waals surface area contributed by atoms with E-state index in [1.807, 2.05) is 25.1 Å². The minimum absolute atomic E-state index is 0.131. The lowest BCUT2D eigenvalue weighted by Crippen LogP contribution is -2.31. The van der Waals surface area contributed by atoms with E-state index in [0.29, 0.717) is 29.2 Å². The molecule has 1 aliphatic heterocycles. The number of methoxy groups -OCH3 is 2. The summed E-state index contributed by atoms with van der Waals surface area (Å²) >= 11 is 0. The van der Waals surface area contributed by atoms with E-state index in [9.17, 15) is 13.2 Å². The molecule has 162 valence electrons. The lowest BCUT2D eigenvalue weighted by Gasteiger charge is -2.27. The van der Waals surface area contributed by atoms with Crippen molar-refractivity contribution in [2.24, 2.45) is 0 Å². The molecule has 7 nitrogen and oxygen atoms in total. The van der Waals surface area contributed by atoms with Crippen LogP contribution < -0.4 is 14.2 Å². The Kier molecular flexibility index (Phi) is 6.38. The standard InChI is InChI=1S/C22H28N2O5S/c1-14-11-16(12-21(15(14)2)30(26,27)23-3)22(25)24-10-6-7-19(24)18-9-8-17(28-4)13-20(18)29-5/h8-9,11-13,19,23H,6-7,10H2,1-5H3. The largest absolute Gasteiger partial charge is 0.497 e. The molecule has 2 aromatic rings. The summed E-state index contributed by atoms with van der Waals surface area (Å²) < 4.78 is 38.0. The van der Waals surface area contributed by atoms with Crippen LogP contribution in [0.5, 0.6) is 11.5 Å². The fourth-order valence-electron chi connectivity index (χ4n) is 3.93. The van der Waals surface area contributed by atoms with E-state index in [1.165, 1.54) is 13.1 Å². The lowest BCUT2D eigenvalue weighted by molar-refractivity contribution is 0.0734. The van der Waals surface area contributed by atoms with Crippen molar-refractivity contribution in [3.05, 3.63) is 52.6 Å². The topological polar surface area (TPSA) is 84.9 Å². The zero-order valence-electron chi connectivity index (χ0n) is 18.0. The summed E-state index contributed by atoms with van der Waals surface area (Å²) in [6.45, 7) is 4.16. The maximum atomic E-state index is 13.4. The van der Waals surface area contributed by atoms with Crippen molar-refractivity contribution in [2.75, 3.05) is 27.8 Å². The molecule has 3 rings (SSSR count). The Morgan fingerprint density at radius 2 is 1.87 bits per heavy atom. The number of nitrogens with zero attached hydrogens (tertiary/aromatic N) is 1. The molecule has 30 heavy (non-hydrogen) atoms. The first-order valence-electron chi connectivity index (χ1n) is 9.81. The maximum absolute atomic E-state index is 13.4. The summed E-state index contributed by atoms with van der Waals surface area (Å²) in [6, 6.07) is 8.66. The lowest BCUT2D eigenvalue weighted by atomic mass is 10.0. The number of carbonyl (C=O) groups is 1. The van der Waals surface area contributed by atoms with Gasteiger partial charge in [0.15, 0.2) is 0 Å². The molecule has 0 aliphatic carbocycles. The fourth-order valence-corrected chi connectivity index (χ4v) is 5.00. The third-order valence-electron chi connectivity index (χ3n) is 5.74. The van der Waals surface area contributed by atoms with Crippen LogP contribution in [0, 0.1) is 13.8 Å². The van der Waals surface area contributed by atoms with Crippen LogP contribution in [0.1, 0.15) is 45.9 Å². The minimum Gasteiger partial charge on any atom is -0.497 e. The van der Waals surface area contributed by atoms with Crippen molar-refractivity contribution in [3.8, 4) is 11.5 Å². The first-order valence-corrected chi connectivity index (χ1v) is 11.3. The third-order valence-corrected chi connectivity index (χ3v) is 7.28. The number of nitrogens with one attached hydrogen (secondary N) is 1. The summed E-state index contributed by atoms with van der Waals surface area (Å²) in [4.78, 5) is 15.4. The number of carbonyl (C=O) groups excluding carboxylic acids is 1. The predicted octanol–water partition coefficient (Wildman–Crippen LogP) is 3.21. The highest BCUT2D eigenvalue weighted by molar-refractivity contribution is 7.89. The Hall–Kier alpha value is -2.58. The molecular formula is C22H28N2O5S. The Labute approximate surface area is 178 Å². The van der Waals surface area contributed by atoms with Gasteiger partial charge in [0.1, 0.15) is 11.5 Å². The van der Waals surface area contributed by atoms with Gasteiger partial charge in [0.25, 0.3) is 5.91 Å². The van der Waals surface area contributed by atoms with Crippen LogP contribution in [0.2, 0.25) is 0 Å². The molecule has 8 heteroatoms. The first kappa shape index (κ1) is 22.1. The van der Waals surface area contributed by atoms with Gasteiger partial charge in [-0.25, -0.2) is 13.1 Å². The summed E-state index contributed by atoms with van der Waals surface area (Å²) in [5.41, 5.74) is 2.67. The van der Waals surface area contributed by atoms with Crippen LogP contribution in [-0.4, -0.2) is 47.0 Å². The molecule has 0 bridgehead atoms. The van der Waals surface area contributed by atoms with Gasteiger partial charge in [-0.1, -0.05) is 0 Å². The smallest absolute Gasteiger partial charge is 0.254 e. The Bertz CT molecular complexity index is 1070. The van der Waals surface area contributed by atoms with Crippen molar-refractivity contribution in [1.29, 1.82) is 0 Å². The molecule has 1 amide bonds. The number of amides is 1. The number of hydrogen-bond donors (Lipinski definition) is 1. The molecule has 1 heterocycles. The van der Waals surface area contributed by atoms with Crippen molar-refractivity contribution < 1.29 is 22.7 Å². The van der Waals surface area contributed by atoms with Crippen molar-refractivity contribution >= 4 is 15.9 Å². The van der Waals surface area contributed by atoms with Crippen molar-refractivity contribution in [3.63, 3.8) is 0 Å². The van der Waals surface area contributed by atoms with E-state index in [-0.39, 0.29) is 16.8 Å². The second-order valence-electron chi connectivity index (χ2n) is 7.39. The summed E-state index contributed by atoms with van der Waals surface area (Å²) in [5.74, 6) is 1.16. The number of aryl methyl sites for hydroxylation is 1. The second-order valence-corrected chi connectivity index (χ2v) is 9.24. The third kappa shape index (κ3) is 4.02. The molecule has 1 saturated heterocycles. The molecule has 1 unspecified atom stereocenters. The van der Waals surface area contributed by atoms with E-state index < -0.39 is 10.0 Å². The van der Waals surface area contributed by atoms with Gasteiger partial charge in [0, 0.05) is 23.7 Å². The Morgan fingerprint density at radius 1 is 1.13 bits per heavy atom. The minimum atomic E-state index is -3.67. The van der Waals surface area contributed by atoms with Crippen LogP contribution in [0.4, 0.5) is 0 Å². The average Bonchev–Trinajstić information content (AvgIpc) is 3.23. The molecular weight excluding hydrogens is 404 g/mol. The first-order chi connectivity index (χ1) is 14.2. The van der Waals surface area contributed by atoms with Gasteiger partial charge in [0.05, 0.1) is 25.2 Å². The molecule has 1 N–H and O–H groups in total. The molecule has 1 aliphatic rings. The van der Waals surface area contributed by atoms with Gasteiger partial charge in [-0.05, 0) is 69.1 Å². The fraction of sp³-hybridized carbons (Fsp3) is 0.409. The van der Waals surface area contributed by atoms with Gasteiger partial charge in [-0.15, -0.1) is 0 Å². The zero-order chi connectivity index (χ0) is 22.1. The predicted molar refractivity (Wildman–Crippen MR) is 115 cm³/mol. The van der Waals surface area contributed by atoms with Gasteiger partial charge in [-0.2, -0.15) is 0 Å². The van der Waals surface area contributed by atoms with E-state index in [2.05, 4.69) is 4.72 Å². The van der Waals surface area contributed by atoms with Crippen LogP contribution in [0.15, 0.2) is 35.2 Å². The van der Waals surface area contributed by atoms with E-state index in [1.54, 1.807) is 32.1 Å². The number of likely N-dealkylation sites (tertiary alicyclic amines) is 1. The molecule has 1 atom stereocenters. The van der Waals surface area contributed by atoms with Crippen LogP contribution in [-0.2, 0) is 10.0 Å². The van der Waals surface area contributed by atoms with Crippen molar-refractivity contribution in [1.82, 2.24) is 9.62 Å². The van der Waals surface area contributed by atoms with E-state index in [0.717, 1.165) is 24.0 Å². The van der Waals surface area contributed by atoms with Gasteiger partial charge >= 0.3 is 0 Å². The monoisotopic (exact) mass is 432 g/mol. The van der Waals surface area contributed by atoms with Crippen molar-refractivity contribution in [2.45, 2.75) is 37.6 Å². The zero-order valence-corrected chi connectivity index (χ0v) is 18.8. The second kappa shape index (κ2) is 8.65. The number of ether oxygens (including phenoxy) is 2. The number of rotatable bonds is 6. The molecule has 0 aromatic heterocycles. The van der Waals surface area contributed by atoms with Crippen LogP contribution in [0.25, 0.3) is 0 Å². The van der Waals surface area contributed by atoms with Crippen LogP contribution >= 0.6 is 0 Å². The molecule has 2 aromatic carbocycles. The highest BCUT2D eigenvalue weighted by atomic mass is 32.2. The molecule has 0 saturated carbocycles. The van der Waals surface area contributed by atoms with Gasteiger partial charge in [-0.3, -0.25) is 4.79 Å².